The van der Waals surface area contributed by atoms with Gasteiger partial charge in [-0.3, -0.25) is 14.9 Å². The van der Waals surface area contributed by atoms with Gasteiger partial charge in [-0.25, -0.2) is 0 Å². The van der Waals surface area contributed by atoms with Crippen LogP contribution < -0.4 is 16.0 Å². The van der Waals surface area contributed by atoms with Crippen molar-refractivity contribution in [2.45, 2.75) is 12.6 Å². The summed E-state index contributed by atoms with van der Waals surface area (Å²) < 4.78 is 0. The molecule has 1 atom stereocenters. The number of hydrogen-bond donors (Lipinski definition) is 3. The average molecular weight is 233 g/mol. The molecule has 0 aliphatic carbocycles. The van der Waals surface area contributed by atoms with Gasteiger partial charge in [0.05, 0.1) is 6.54 Å². The molecule has 0 bridgehead atoms. The first-order valence-electron chi connectivity index (χ1n) is 5.57. The Bertz CT molecular complexity index is 395. The molecule has 1 fully saturated rings. The second-order valence-corrected chi connectivity index (χ2v) is 3.94. The van der Waals surface area contributed by atoms with Gasteiger partial charge >= 0.3 is 0 Å². The Morgan fingerprint density at radius 2 is 2.12 bits per heavy atom. The zero-order chi connectivity index (χ0) is 12.1. The van der Waals surface area contributed by atoms with Crippen LogP contribution in [0.5, 0.6) is 0 Å². The van der Waals surface area contributed by atoms with Crippen LogP contribution >= 0.6 is 0 Å². The van der Waals surface area contributed by atoms with Gasteiger partial charge in [-0.1, -0.05) is 30.3 Å². The molecule has 5 heteroatoms. The molecule has 2 rings (SSSR count). The lowest BCUT2D eigenvalue weighted by Gasteiger charge is -2.23. The predicted octanol–water partition coefficient (Wildman–Crippen LogP) is -0.609. The van der Waals surface area contributed by atoms with E-state index in [0.29, 0.717) is 13.1 Å². The number of hydrogen-bond acceptors (Lipinski definition) is 3. The lowest BCUT2D eigenvalue weighted by atomic mass is 10.2. The van der Waals surface area contributed by atoms with Crippen LogP contribution in [0.4, 0.5) is 0 Å². The summed E-state index contributed by atoms with van der Waals surface area (Å²) in [5.74, 6) is -0.161. The van der Waals surface area contributed by atoms with E-state index >= 15 is 0 Å². The predicted molar refractivity (Wildman–Crippen MR) is 63.1 cm³/mol. The highest BCUT2D eigenvalue weighted by atomic mass is 16.2. The molecule has 2 amide bonds. The molecular formula is C12H15N3O2. The topological polar surface area (TPSA) is 70.2 Å². The minimum atomic E-state index is -0.337. The zero-order valence-electron chi connectivity index (χ0n) is 9.40. The molecule has 1 aromatic rings. The van der Waals surface area contributed by atoms with Crippen molar-refractivity contribution < 1.29 is 9.59 Å². The number of carbonyl (C=O) groups is 2. The number of piperazine rings is 1. The summed E-state index contributed by atoms with van der Waals surface area (Å²) in [5, 5.41) is 8.36. The Morgan fingerprint density at radius 1 is 1.35 bits per heavy atom. The molecule has 3 N–H and O–H groups in total. The van der Waals surface area contributed by atoms with E-state index in [4.69, 9.17) is 0 Å². The molecule has 1 heterocycles. The van der Waals surface area contributed by atoms with Crippen molar-refractivity contribution in [1.29, 1.82) is 0 Å². The van der Waals surface area contributed by atoms with Crippen LogP contribution in [-0.2, 0) is 16.1 Å². The molecular weight excluding hydrogens is 218 g/mol. The van der Waals surface area contributed by atoms with E-state index in [0.717, 1.165) is 5.56 Å². The minimum absolute atomic E-state index is 0.0721. The Hall–Kier alpha value is -1.88. The van der Waals surface area contributed by atoms with E-state index in [1.165, 1.54) is 0 Å². The lowest BCUT2D eigenvalue weighted by Crippen LogP contribution is -2.57. The maximum Gasteiger partial charge on any atom is 0.239 e. The van der Waals surface area contributed by atoms with Crippen molar-refractivity contribution in [2.24, 2.45) is 0 Å². The first-order valence-corrected chi connectivity index (χ1v) is 5.57. The van der Waals surface area contributed by atoms with Crippen molar-refractivity contribution in [3.05, 3.63) is 35.9 Å². The Morgan fingerprint density at radius 3 is 2.76 bits per heavy atom. The summed E-state index contributed by atoms with van der Waals surface area (Å²) in [4.78, 5) is 22.7. The lowest BCUT2D eigenvalue weighted by molar-refractivity contribution is -0.126. The second-order valence-electron chi connectivity index (χ2n) is 3.94. The number of nitrogens with one attached hydrogen (secondary N) is 3. The molecule has 1 saturated heterocycles. The van der Waals surface area contributed by atoms with Gasteiger partial charge in [0.1, 0.15) is 6.04 Å². The third-order valence-corrected chi connectivity index (χ3v) is 2.64. The quantitative estimate of drug-likeness (QED) is 0.652. The van der Waals surface area contributed by atoms with Crippen LogP contribution in [-0.4, -0.2) is 30.9 Å². The highest BCUT2D eigenvalue weighted by molar-refractivity contribution is 5.86. The maximum absolute atomic E-state index is 11.8. The molecule has 1 unspecified atom stereocenters. The van der Waals surface area contributed by atoms with E-state index in [1.807, 2.05) is 30.3 Å². The van der Waals surface area contributed by atoms with Crippen LogP contribution in [0.1, 0.15) is 5.56 Å². The zero-order valence-corrected chi connectivity index (χ0v) is 9.40. The molecule has 90 valence electrons. The summed E-state index contributed by atoms with van der Waals surface area (Å²) in [6, 6.07) is 9.37. The summed E-state index contributed by atoms with van der Waals surface area (Å²) in [5.41, 5.74) is 1.06. The normalized spacial score (nSPS) is 19.5. The molecule has 0 aromatic heterocycles. The fraction of sp³-hybridized carbons (Fsp3) is 0.333. The molecule has 5 nitrogen and oxygen atoms in total. The SMILES string of the molecule is O=C1CNC(C(=O)NCc2ccccc2)CN1. The van der Waals surface area contributed by atoms with E-state index in [-0.39, 0.29) is 24.4 Å². The van der Waals surface area contributed by atoms with Gasteiger partial charge in [-0.2, -0.15) is 0 Å². The van der Waals surface area contributed by atoms with Crippen LogP contribution in [0.15, 0.2) is 30.3 Å². The molecule has 0 spiro atoms. The summed E-state index contributed by atoms with van der Waals surface area (Å²) in [7, 11) is 0. The van der Waals surface area contributed by atoms with Gasteiger partial charge in [0, 0.05) is 13.1 Å². The van der Waals surface area contributed by atoms with E-state index in [2.05, 4.69) is 16.0 Å². The summed E-state index contributed by atoms with van der Waals surface area (Å²) in [6.45, 7) is 1.05. The van der Waals surface area contributed by atoms with E-state index in [9.17, 15) is 9.59 Å². The minimum Gasteiger partial charge on any atom is -0.353 e. The Kier molecular flexibility index (Phi) is 3.72. The van der Waals surface area contributed by atoms with Gasteiger partial charge in [0.2, 0.25) is 11.8 Å². The fourth-order valence-corrected chi connectivity index (χ4v) is 1.66. The molecule has 0 radical (unpaired) electrons. The number of carbonyl (C=O) groups excluding carboxylic acids is 2. The average Bonchev–Trinajstić information content (AvgIpc) is 2.38. The van der Waals surface area contributed by atoms with Gasteiger partial charge in [-0.05, 0) is 5.56 Å². The van der Waals surface area contributed by atoms with Crippen molar-refractivity contribution in [1.82, 2.24) is 16.0 Å². The smallest absolute Gasteiger partial charge is 0.239 e. The number of amides is 2. The first-order chi connectivity index (χ1) is 8.25. The van der Waals surface area contributed by atoms with E-state index < -0.39 is 0 Å². The third-order valence-electron chi connectivity index (χ3n) is 2.64. The number of benzene rings is 1. The molecule has 1 aromatic carbocycles. The van der Waals surface area contributed by atoms with Crippen molar-refractivity contribution in [3.8, 4) is 0 Å². The Balaban J connectivity index is 1.80. The first kappa shape index (κ1) is 11.6. The third kappa shape index (κ3) is 3.29. The van der Waals surface area contributed by atoms with Crippen LogP contribution in [0.25, 0.3) is 0 Å². The summed E-state index contributed by atoms with van der Waals surface area (Å²) in [6.07, 6.45) is 0. The van der Waals surface area contributed by atoms with Gasteiger partial charge in [0.25, 0.3) is 0 Å². The molecule has 0 saturated carbocycles. The monoisotopic (exact) mass is 233 g/mol. The van der Waals surface area contributed by atoms with Crippen LogP contribution in [0, 0.1) is 0 Å². The van der Waals surface area contributed by atoms with Crippen molar-refractivity contribution >= 4 is 11.8 Å². The molecule has 1 aliphatic heterocycles. The standard InChI is InChI=1S/C12H15N3O2/c16-11-8-13-10(7-14-11)12(17)15-6-9-4-2-1-3-5-9/h1-5,10,13H,6-8H2,(H,14,16)(H,15,17). The molecule has 17 heavy (non-hydrogen) atoms. The van der Waals surface area contributed by atoms with E-state index in [1.54, 1.807) is 0 Å². The fourth-order valence-electron chi connectivity index (χ4n) is 1.66. The van der Waals surface area contributed by atoms with Crippen LogP contribution in [0.3, 0.4) is 0 Å². The highest BCUT2D eigenvalue weighted by Crippen LogP contribution is 1.98. The Labute approximate surface area is 99.6 Å². The maximum atomic E-state index is 11.8. The van der Waals surface area contributed by atoms with Crippen LogP contribution in [0.2, 0.25) is 0 Å². The summed E-state index contributed by atoms with van der Waals surface area (Å²) >= 11 is 0. The highest BCUT2D eigenvalue weighted by Gasteiger charge is 2.23. The van der Waals surface area contributed by atoms with Gasteiger partial charge in [0.15, 0.2) is 0 Å². The largest absolute Gasteiger partial charge is 0.353 e. The van der Waals surface area contributed by atoms with Crippen molar-refractivity contribution in [3.63, 3.8) is 0 Å². The number of rotatable bonds is 3. The van der Waals surface area contributed by atoms with Gasteiger partial charge in [-0.15, -0.1) is 0 Å². The van der Waals surface area contributed by atoms with Crippen molar-refractivity contribution in [2.75, 3.05) is 13.1 Å². The second kappa shape index (κ2) is 5.45. The van der Waals surface area contributed by atoms with Gasteiger partial charge < -0.3 is 10.6 Å². The molecule has 1 aliphatic rings.